The maximum atomic E-state index is 13.8. The zero-order chi connectivity index (χ0) is 19.7. The summed E-state index contributed by atoms with van der Waals surface area (Å²) in [6.45, 7) is 1.48. The fourth-order valence-electron chi connectivity index (χ4n) is 2.40. The summed E-state index contributed by atoms with van der Waals surface area (Å²) >= 11 is 5.97. The molecule has 3 rings (SSSR count). The second-order valence-corrected chi connectivity index (χ2v) is 5.99. The number of hydrogen-bond acceptors (Lipinski definition) is 6. The highest BCUT2D eigenvalue weighted by Gasteiger charge is 2.29. The van der Waals surface area contributed by atoms with Gasteiger partial charge in [0.25, 0.3) is 5.91 Å². The lowest BCUT2D eigenvalue weighted by Gasteiger charge is -2.05. The lowest BCUT2D eigenvalue weighted by molar-refractivity contribution is -0.385. The van der Waals surface area contributed by atoms with Gasteiger partial charge in [0.2, 0.25) is 11.6 Å². The van der Waals surface area contributed by atoms with Gasteiger partial charge in [-0.05, 0) is 19.1 Å². The number of hydrogen-bond donors (Lipinski definition) is 1. The smallest absolute Gasteiger partial charge is 0.287 e. The quantitative estimate of drug-likeness (QED) is 0.524. The van der Waals surface area contributed by atoms with Crippen LogP contribution in [0.5, 0.6) is 0 Å². The first-order chi connectivity index (χ1) is 12.8. The van der Waals surface area contributed by atoms with E-state index in [-0.39, 0.29) is 34.5 Å². The van der Waals surface area contributed by atoms with Crippen LogP contribution in [-0.4, -0.2) is 35.4 Å². The number of carbonyl (C=O) groups excluding carboxylic acids is 1. The Labute approximate surface area is 156 Å². The lowest BCUT2D eigenvalue weighted by Crippen LogP contribution is -2.16. The number of halogens is 2. The third-order valence-electron chi connectivity index (χ3n) is 3.84. The van der Waals surface area contributed by atoms with E-state index in [0.717, 1.165) is 0 Å². The summed E-state index contributed by atoms with van der Waals surface area (Å²) in [6, 6.07) is 4.29. The molecular formula is C15H13ClFN7O3. The summed E-state index contributed by atoms with van der Waals surface area (Å²) in [4.78, 5) is 26.7. The molecule has 0 bridgehead atoms. The number of benzene rings is 1. The average Bonchev–Trinajstić information content (AvgIpc) is 3.16. The second kappa shape index (κ2) is 7.11. The van der Waals surface area contributed by atoms with Crippen molar-refractivity contribution in [2.24, 2.45) is 7.05 Å². The number of nitrogens with zero attached hydrogens (tertiary/aromatic N) is 6. The SMILES string of the molecule is Cc1c([N+](=O)[O-])c(C(=O)Nc2ncn(Cc3c(F)cccc3Cl)n2)nn1C. The van der Waals surface area contributed by atoms with Crippen LogP contribution in [-0.2, 0) is 13.6 Å². The molecule has 0 saturated heterocycles. The van der Waals surface area contributed by atoms with Gasteiger partial charge in [-0.25, -0.2) is 14.1 Å². The lowest BCUT2D eigenvalue weighted by atomic mass is 10.2. The number of nitrogens with one attached hydrogen (secondary N) is 1. The van der Waals surface area contributed by atoms with E-state index in [1.165, 1.54) is 41.8 Å². The normalized spacial score (nSPS) is 10.8. The van der Waals surface area contributed by atoms with Crippen molar-refractivity contribution in [3.05, 3.63) is 62.4 Å². The Hall–Kier alpha value is -3.34. The van der Waals surface area contributed by atoms with Crippen molar-refractivity contribution in [1.82, 2.24) is 24.5 Å². The maximum Gasteiger partial charge on any atom is 0.322 e. The highest BCUT2D eigenvalue weighted by molar-refractivity contribution is 6.31. The number of aromatic nitrogens is 5. The molecule has 0 fully saturated rings. The Kier molecular flexibility index (Phi) is 4.86. The van der Waals surface area contributed by atoms with Crippen molar-refractivity contribution in [2.75, 3.05) is 5.32 Å². The first-order valence-corrected chi connectivity index (χ1v) is 7.97. The van der Waals surface area contributed by atoms with Gasteiger partial charge in [-0.2, -0.15) is 5.10 Å². The molecule has 10 nitrogen and oxygen atoms in total. The van der Waals surface area contributed by atoms with Crippen molar-refractivity contribution in [3.63, 3.8) is 0 Å². The number of amides is 1. The van der Waals surface area contributed by atoms with Gasteiger partial charge in [0, 0.05) is 17.6 Å². The number of carbonyl (C=O) groups is 1. The van der Waals surface area contributed by atoms with E-state index in [0.29, 0.717) is 0 Å². The molecule has 0 aliphatic rings. The maximum absolute atomic E-state index is 13.8. The zero-order valence-electron chi connectivity index (χ0n) is 14.2. The van der Waals surface area contributed by atoms with Crippen LogP contribution in [0, 0.1) is 22.9 Å². The molecule has 140 valence electrons. The number of anilines is 1. The Morgan fingerprint density at radius 2 is 2.15 bits per heavy atom. The zero-order valence-corrected chi connectivity index (χ0v) is 14.9. The molecular weight excluding hydrogens is 381 g/mol. The molecule has 1 N–H and O–H groups in total. The molecule has 0 radical (unpaired) electrons. The van der Waals surface area contributed by atoms with Crippen molar-refractivity contribution in [1.29, 1.82) is 0 Å². The second-order valence-electron chi connectivity index (χ2n) is 5.58. The Balaban J connectivity index is 1.80. The molecule has 0 atom stereocenters. The summed E-state index contributed by atoms with van der Waals surface area (Å²) in [5.74, 6) is -1.43. The minimum atomic E-state index is -0.827. The highest BCUT2D eigenvalue weighted by Crippen LogP contribution is 2.23. The minimum Gasteiger partial charge on any atom is -0.287 e. The largest absolute Gasteiger partial charge is 0.322 e. The van der Waals surface area contributed by atoms with Gasteiger partial charge in [0.1, 0.15) is 17.8 Å². The monoisotopic (exact) mass is 393 g/mol. The number of nitro groups is 1. The topological polar surface area (TPSA) is 121 Å². The number of aryl methyl sites for hydroxylation is 1. The number of rotatable bonds is 5. The van der Waals surface area contributed by atoms with Crippen LogP contribution >= 0.6 is 11.6 Å². The van der Waals surface area contributed by atoms with Gasteiger partial charge >= 0.3 is 5.69 Å². The molecule has 0 saturated carbocycles. The predicted octanol–water partition coefficient (Wildman–Crippen LogP) is 2.32. The molecule has 2 aromatic heterocycles. The first kappa shape index (κ1) is 18.5. The highest BCUT2D eigenvalue weighted by atomic mass is 35.5. The van der Waals surface area contributed by atoms with Crippen molar-refractivity contribution in [2.45, 2.75) is 13.5 Å². The predicted molar refractivity (Wildman–Crippen MR) is 93.1 cm³/mol. The minimum absolute atomic E-state index is 0.00276. The van der Waals surface area contributed by atoms with Crippen LogP contribution in [0.1, 0.15) is 21.7 Å². The van der Waals surface area contributed by atoms with E-state index in [2.05, 4.69) is 20.5 Å². The standard InChI is InChI=1S/C15H13ClFN7O3/c1-8-13(24(26)27)12(20-22(8)2)14(25)19-15-18-7-23(21-15)6-9-10(16)4-3-5-11(9)17/h3-5,7H,6H2,1-2H3,(H,19,21,25). The summed E-state index contributed by atoms with van der Waals surface area (Å²) in [5.41, 5.74) is -0.295. The van der Waals surface area contributed by atoms with E-state index in [1.807, 2.05) is 0 Å². The van der Waals surface area contributed by atoms with Crippen molar-refractivity contribution in [3.8, 4) is 0 Å². The molecule has 1 aromatic carbocycles. The van der Waals surface area contributed by atoms with Crippen LogP contribution < -0.4 is 5.32 Å². The molecule has 0 aliphatic carbocycles. The van der Waals surface area contributed by atoms with E-state index < -0.39 is 22.3 Å². The molecule has 1 amide bonds. The first-order valence-electron chi connectivity index (χ1n) is 7.59. The van der Waals surface area contributed by atoms with E-state index >= 15 is 0 Å². The van der Waals surface area contributed by atoms with Gasteiger partial charge in [-0.1, -0.05) is 17.7 Å². The van der Waals surface area contributed by atoms with Crippen LogP contribution in [0.2, 0.25) is 5.02 Å². The third kappa shape index (κ3) is 3.62. The van der Waals surface area contributed by atoms with Crippen LogP contribution in [0.15, 0.2) is 24.5 Å². The van der Waals surface area contributed by atoms with Gasteiger partial charge in [-0.15, -0.1) is 5.10 Å². The van der Waals surface area contributed by atoms with Crippen LogP contribution in [0.4, 0.5) is 16.0 Å². The molecule has 0 aliphatic heterocycles. The summed E-state index contributed by atoms with van der Waals surface area (Å²) in [6.07, 6.45) is 1.27. The van der Waals surface area contributed by atoms with E-state index in [9.17, 15) is 19.3 Å². The fraction of sp³-hybridized carbons (Fsp3) is 0.200. The van der Waals surface area contributed by atoms with Gasteiger partial charge in [0.05, 0.1) is 11.5 Å². The summed E-state index contributed by atoms with van der Waals surface area (Å²) in [5, 5.41) is 21.6. The Morgan fingerprint density at radius 3 is 2.81 bits per heavy atom. The molecule has 0 spiro atoms. The van der Waals surface area contributed by atoms with E-state index in [4.69, 9.17) is 11.6 Å². The van der Waals surface area contributed by atoms with Crippen molar-refractivity contribution < 1.29 is 14.1 Å². The van der Waals surface area contributed by atoms with Gasteiger partial charge in [0.15, 0.2) is 0 Å². The Morgan fingerprint density at radius 1 is 1.41 bits per heavy atom. The molecule has 2 heterocycles. The van der Waals surface area contributed by atoms with Crippen LogP contribution in [0.3, 0.4) is 0 Å². The third-order valence-corrected chi connectivity index (χ3v) is 4.20. The average molecular weight is 394 g/mol. The van der Waals surface area contributed by atoms with E-state index in [1.54, 1.807) is 6.07 Å². The summed E-state index contributed by atoms with van der Waals surface area (Å²) < 4.78 is 16.4. The van der Waals surface area contributed by atoms with Gasteiger partial charge in [-0.3, -0.25) is 24.9 Å². The molecule has 0 unspecified atom stereocenters. The van der Waals surface area contributed by atoms with Crippen molar-refractivity contribution >= 4 is 29.1 Å². The van der Waals surface area contributed by atoms with Crippen LogP contribution in [0.25, 0.3) is 0 Å². The summed E-state index contributed by atoms with van der Waals surface area (Å²) in [7, 11) is 1.49. The molecule has 3 aromatic rings. The molecule has 27 heavy (non-hydrogen) atoms. The molecule has 12 heteroatoms. The Bertz CT molecular complexity index is 1030. The fourth-order valence-corrected chi connectivity index (χ4v) is 2.63. The van der Waals surface area contributed by atoms with Gasteiger partial charge < -0.3 is 0 Å².